The van der Waals surface area contributed by atoms with E-state index in [4.69, 9.17) is 0 Å². The van der Waals surface area contributed by atoms with Crippen molar-refractivity contribution in [3.63, 3.8) is 0 Å². The lowest BCUT2D eigenvalue weighted by Crippen LogP contribution is -2.39. The number of hydrogen-bond donors (Lipinski definition) is 1. The van der Waals surface area contributed by atoms with Gasteiger partial charge < -0.3 is 5.11 Å². The molecule has 0 radical (unpaired) electrons. The van der Waals surface area contributed by atoms with Crippen molar-refractivity contribution in [2.75, 3.05) is 6.54 Å². The summed E-state index contributed by atoms with van der Waals surface area (Å²) in [5.74, 6) is -0.728. The topological polar surface area (TPSA) is 40.5 Å². The van der Waals surface area contributed by atoms with E-state index in [1.807, 2.05) is 30.3 Å². The maximum absolute atomic E-state index is 11.8. The van der Waals surface area contributed by atoms with Gasteiger partial charge >= 0.3 is 5.97 Å². The third-order valence-electron chi connectivity index (χ3n) is 4.92. The molecule has 128 valence electrons. The molecule has 5 heteroatoms. The highest BCUT2D eigenvalue weighted by Gasteiger charge is 2.38. The Morgan fingerprint density at radius 1 is 1.16 bits per heavy atom. The van der Waals surface area contributed by atoms with E-state index >= 15 is 0 Å². The lowest BCUT2D eigenvalue weighted by atomic mass is 9.96. The molecular weight excluding hydrogens is 398 g/mol. The average molecular weight is 416 g/mol. The molecular formula is C20H18BrNO2S. The molecule has 0 amide bonds. The van der Waals surface area contributed by atoms with E-state index in [0.717, 1.165) is 23.0 Å². The van der Waals surface area contributed by atoms with Crippen LogP contribution in [0.3, 0.4) is 0 Å². The molecule has 0 aliphatic carbocycles. The third-order valence-corrected chi connectivity index (χ3v) is 6.62. The maximum atomic E-state index is 11.8. The van der Waals surface area contributed by atoms with Crippen molar-refractivity contribution in [3.05, 3.63) is 69.5 Å². The Kier molecular flexibility index (Phi) is 4.63. The van der Waals surface area contributed by atoms with Crippen molar-refractivity contribution in [3.8, 4) is 0 Å². The van der Waals surface area contributed by atoms with Crippen LogP contribution in [0.1, 0.15) is 30.0 Å². The second kappa shape index (κ2) is 6.90. The molecule has 3 nitrogen and oxygen atoms in total. The Bertz CT molecular complexity index is 923. The zero-order valence-electron chi connectivity index (χ0n) is 13.6. The minimum absolute atomic E-state index is 0.0599. The van der Waals surface area contributed by atoms with Crippen LogP contribution in [0.25, 0.3) is 10.1 Å². The minimum Gasteiger partial charge on any atom is -0.480 e. The fourth-order valence-corrected chi connectivity index (χ4v) is 5.28. The van der Waals surface area contributed by atoms with Crippen molar-refractivity contribution in [1.29, 1.82) is 0 Å². The highest BCUT2D eigenvalue weighted by Crippen LogP contribution is 2.42. The third kappa shape index (κ3) is 3.01. The largest absolute Gasteiger partial charge is 0.480 e. The number of hydrogen-bond acceptors (Lipinski definition) is 3. The normalized spacial score (nSPS) is 19.3. The number of thiophene rings is 1. The molecule has 4 rings (SSSR count). The fourth-order valence-electron chi connectivity index (χ4n) is 3.80. The number of carboxylic acids is 1. The van der Waals surface area contributed by atoms with E-state index < -0.39 is 12.0 Å². The molecule has 1 fully saturated rings. The van der Waals surface area contributed by atoms with Gasteiger partial charge in [0.1, 0.15) is 6.04 Å². The molecule has 1 aliphatic rings. The van der Waals surface area contributed by atoms with Gasteiger partial charge in [-0.2, -0.15) is 0 Å². The van der Waals surface area contributed by atoms with Gasteiger partial charge in [0.15, 0.2) is 0 Å². The summed E-state index contributed by atoms with van der Waals surface area (Å²) in [5, 5.41) is 13.1. The highest BCUT2D eigenvalue weighted by atomic mass is 79.9. The molecule has 2 aromatic carbocycles. The second-order valence-corrected chi connectivity index (χ2v) is 8.11. The first kappa shape index (κ1) is 16.8. The SMILES string of the molecule is O=C(O)C1CCCN1C(c1ccccc1Br)c1csc2ccccc12. The number of likely N-dealkylation sites (tertiary alicyclic amines) is 1. The molecule has 2 heterocycles. The zero-order chi connectivity index (χ0) is 17.4. The molecule has 1 aliphatic heterocycles. The first-order chi connectivity index (χ1) is 12.2. The van der Waals surface area contributed by atoms with Gasteiger partial charge in [-0.05, 0) is 46.9 Å². The molecule has 1 N–H and O–H groups in total. The quantitative estimate of drug-likeness (QED) is 0.627. The number of rotatable bonds is 4. The van der Waals surface area contributed by atoms with Gasteiger partial charge in [-0.25, -0.2) is 0 Å². The number of carbonyl (C=O) groups is 1. The summed E-state index contributed by atoms with van der Waals surface area (Å²) in [7, 11) is 0. The standard InChI is InChI=1S/C20H18BrNO2S/c21-16-8-3-1-7-14(16)19(22-11-5-9-17(22)20(23)24)15-12-25-18-10-4-2-6-13(15)18/h1-4,6-8,10,12,17,19H,5,9,11H2,(H,23,24). The molecule has 3 aromatic rings. The van der Waals surface area contributed by atoms with E-state index in [0.29, 0.717) is 6.42 Å². The van der Waals surface area contributed by atoms with Crippen LogP contribution in [0.4, 0.5) is 0 Å². The summed E-state index contributed by atoms with van der Waals surface area (Å²) in [6.45, 7) is 0.799. The summed E-state index contributed by atoms with van der Waals surface area (Å²) < 4.78 is 2.26. The van der Waals surface area contributed by atoms with Gasteiger partial charge in [0, 0.05) is 15.7 Å². The molecule has 0 bridgehead atoms. The van der Waals surface area contributed by atoms with Gasteiger partial charge in [-0.3, -0.25) is 9.69 Å². The summed E-state index contributed by atoms with van der Waals surface area (Å²) in [5.41, 5.74) is 2.32. The number of halogens is 1. The Morgan fingerprint density at radius 2 is 1.92 bits per heavy atom. The number of aliphatic carboxylic acids is 1. The van der Waals surface area contributed by atoms with E-state index in [9.17, 15) is 9.90 Å². The van der Waals surface area contributed by atoms with E-state index in [2.05, 4.69) is 44.4 Å². The molecule has 0 spiro atoms. The van der Waals surface area contributed by atoms with E-state index in [1.165, 1.54) is 15.6 Å². The van der Waals surface area contributed by atoms with Gasteiger partial charge in [0.05, 0.1) is 6.04 Å². The van der Waals surface area contributed by atoms with E-state index in [-0.39, 0.29) is 6.04 Å². The molecule has 1 saturated heterocycles. The van der Waals surface area contributed by atoms with Crippen LogP contribution in [0.15, 0.2) is 58.4 Å². The zero-order valence-corrected chi connectivity index (χ0v) is 16.0. The first-order valence-electron chi connectivity index (χ1n) is 8.36. The molecule has 2 unspecified atom stereocenters. The number of nitrogens with zero attached hydrogens (tertiary/aromatic N) is 1. The van der Waals surface area contributed by atoms with Gasteiger partial charge in [0.2, 0.25) is 0 Å². The smallest absolute Gasteiger partial charge is 0.320 e. The predicted molar refractivity (Wildman–Crippen MR) is 105 cm³/mol. The van der Waals surface area contributed by atoms with Crippen LogP contribution in [0, 0.1) is 0 Å². The molecule has 0 saturated carbocycles. The Morgan fingerprint density at radius 3 is 2.72 bits per heavy atom. The Balaban J connectivity index is 1.90. The summed E-state index contributed by atoms with van der Waals surface area (Å²) in [4.78, 5) is 14.0. The maximum Gasteiger partial charge on any atom is 0.320 e. The fraction of sp³-hybridized carbons (Fsp3) is 0.250. The molecule has 2 atom stereocenters. The second-order valence-electron chi connectivity index (χ2n) is 6.35. The lowest BCUT2D eigenvalue weighted by molar-refractivity contribution is -0.142. The van der Waals surface area contributed by atoms with Crippen LogP contribution in [0.5, 0.6) is 0 Å². The van der Waals surface area contributed by atoms with E-state index in [1.54, 1.807) is 11.3 Å². The predicted octanol–water partition coefficient (Wildman–Crippen LogP) is 5.30. The lowest BCUT2D eigenvalue weighted by Gasteiger charge is -2.32. The first-order valence-corrected chi connectivity index (χ1v) is 10.0. The Hall–Kier alpha value is -1.69. The van der Waals surface area contributed by atoms with Gasteiger partial charge in [0.25, 0.3) is 0 Å². The number of fused-ring (bicyclic) bond motifs is 1. The molecule has 25 heavy (non-hydrogen) atoms. The Labute approximate surface area is 159 Å². The van der Waals surface area contributed by atoms with Gasteiger partial charge in [-0.15, -0.1) is 11.3 Å². The number of carboxylic acid groups (broad SMARTS) is 1. The van der Waals surface area contributed by atoms with Crippen molar-refractivity contribution in [2.45, 2.75) is 24.9 Å². The van der Waals surface area contributed by atoms with Crippen LogP contribution >= 0.6 is 27.3 Å². The highest BCUT2D eigenvalue weighted by molar-refractivity contribution is 9.10. The van der Waals surface area contributed by atoms with Crippen LogP contribution in [0.2, 0.25) is 0 Å². The number of benzene rings is 2. The monoisotopic (exact) mass is 415 g/mol. The van der Waals surface area contributed by atoms with Crippen LogP contribution in [-0.4, -0.2) is 28.6 Å². The summed E-state index contributed by atoms with van der Waals surface area (Å²) in [6, 6.07) is 16.0. The summed E-state index contributed by atoms with van der Waals surface area (Å²) in [6.07, 6.45) is 1.62. The minimum atomic E-state index is -0.728. The van der Waals surface area contributed by atoms with Crippen LogP contribution in [-0.2, 0) is 4.79 Å². The summed E-state index contributed by atoms with van der Waals surface area (Å²) >= 11 is 5.40. The van der Waals surface area contributed by atoms with Crippen molar-refractivity contribution in [1.82, 2.24) is 4.90 Å². The molecule has 1 aromatic heterocycles. The van der Waals surface area contributed by atoms with Crippen molar-refractivity contribution < 1.29 is 9.90 Å². The average Bonchev–Trinajstić information content (AvgIpc) is 3.25. The van der Waals surface area contributed by atoms with Crippen molar-refractivity contribution in [2.24, 2.45) is 0 Å². The van der Waals surface area contributed by atoms with Crippen LogP contribution < -0.4 is 0 Å². The van der Waals surface area contributed by atoms with Gasteiger partial charge in [-0.1, -0.05) is 52.3 Å². The van der Waals surface area contributed by atoms with Crippen molar-refractivity contribution >= 4 is 43.3 Å².